The molecule has 1 unspecified atom stereocenters. The summed E-state index contributed by atoms with van der Waals surface area (Å²) in [5, 5.41) is 9.05. The van der Waals surface area contributed by atoms with Crippen LogP contribution in [-0.2, 0) is 23.1 Å². The van der Waals surface area contributed by atoms with Gasteiger partial charge in [-0.25, -0.2) is 9.78 Å². The Kier molecular flexibility index (Phi) is 7.31. The molecule has 0 aliphatic heterocycles. The summed E-state index contributed by atoms with van der Waals surface area (Å²) in [4.78, 5) is 17.0. The predicted molar refractivity (Wildman–Crippen MR) is 116 cm³/mol. The molecule has 0 radical (unpaired) electrons. The Labute approximate surface area is 183 Å². The van der Waals surface area contributed by atoms with Gasteiger partial charge in [0.2, 0.25) is 0 Å². The van der Waals surface area contributed by atoms with Crippen LogP contribution in [-0.4, -0.2) is 15.2 Å². The van der Waals surface area contributed by atoms with Crippen LogP contribution in [0, 0.1) is 0 Å². The number of aromatic nitrogens is 1. The van der Waals surface area contributed by atoms with Crippen LogP contribution in [0.15, 0.2) is 52.7 Å². The Morgan fingerprint density at radius 2 is 1.82 bits per heavy atom. The van der Waals surface area contributed by atoms with Gasteiger partial charge in [-0.1, -0.05) is 40.9 Å². The number of hydrogen-bond acceptors (Lipinski definition) is 4. The van der Waals surface area contributed by atoms with E-state index in [1.54, 1.807) is 47.8 Å². The molecule has 28 heavy (non-hydrogen) atoms. The van der Waals surface area contributed by atoms with Crippen LogP contribution in [0.3, 0.4) is 0 Å². The molecule has 1 heterocycles. The summed E-state index contributed by atoms with van der Waals surface area (Å²) in [6.07, 6.45) is 0. The maximum Gasteiger partial charge on any atom is 0.321 e. The third kappa shape index (κ3) is 5.93. The van der Waals surface area contributed by atoms with Crippen LogP contribution in [0.1, 0.15) is 11.3 Å². The zero-order valence-electron chi connectivity index (χ0n) is 14.2. The van der Waals surface area contributed by atoms with E-state index < -0.39 is 16.8 Å². The molecule has 0 aliphatic rings. The maximum absolute atomic E-state index is 12.4. The van der Waals surface area contributed by atoms with Gasteiger partial charge >= 0.3 is 6.03 Å². The first-order chi connectivity index (χ1) is 13.4. The molecule has 0 bridgehead atoms. The van der Waals surface area contributed by atoms with Crippen LogP contribution in [0.4, 0.5) is 9.93 Å². The molecule has 10 heteroatoms. The number of nitrogens with one attached hydrogen (secondary N) is 2. The molecule has 146 valence electrons. The maximum atomic E-state index is 12.4. The second kappa shape index (κ2) is 9.71. The fraction of sp³-hybridized carbons (Fsp3) is 0.111. The Bertz CT molecular complexity index is 1010. The molecule has 1 atom stereocenters. The molecule has 0 aliphatic carbocycles. The highest BCUT2D eigenvalue weighted by molar-refractivity contribution is 7.84. The van der Waals surface area contributed by atoms with Crippen molar-refractivity contribution in [3.8, 4) is 0 Å². The van der Waals surface area contributed by atoms with Crippen molar-refractivity contribution in [2.45, 2.75) is 17.2 Å². The van der Waals surface area contributed by atoms with Crippen molar-refractivity contribution in [2.75, 3.05) is 5.32 Å². The smallest absolute Gasteiger partial charge is 0.321 e. The first-order valence-corrected chi connectivity index (χ1v) is 11.3. The van der Waals surface area contributed by atoms with Crippen LogP contribution in [0.5, 0.6) is 0 Å². The van der Waals surface area contributed by atoms with Gasteiger partial charge < -0.3 is 5.32 Å². The van der Waals surface area contributed by atoms with E-state index >= 15 is 0 Å². The van der Waals surface area contributed by atoms with Crippen LogP contribution in [0.25, 0.3) is 0 Å². The van der Waals surface area contributed by atoms with Crippen molar-refractivity contribution < 1.29 is 9.00 Å². The van der Waals surface area contributed by atoms with Gasteiger partial charge in [0, 0.05) is 21.8 Å². The minimum atomic E-state index is -1.24. The van der Waals surface area contributed by atoms with Crippen molar-refractivity contribution in [3.63, 3.8) is 0 Å². The first kappa shape index (κ1) is 21.1. The second-order valence-electron chi connectivity index (χ2n) is 5.64. The number of urea groups is 1. The Morgan fingerprint density at radius 3 is 2.54 bits per heavy atom. The molecule has 1 aromatic heterocycles. The minimum absolute atomic E-state index is 0.255. The lowest BCUT2D eigenvalue weighted by atomic mass is 10.2. The predicted octanol–water partition coefficient (Wildman–Crippen LogP) is 5.73. The average Bonchev–Trinajstić information content (AvgIpc) is 3.10. The molecule has 3 rings (SSSR count). The lowest BCUT2D eigenvalue weighted by Gasteiger charge is -2.06. The summed E-state index contributed by atoms with van der Waals surface area (Å²) in [7, 11) is -1.24. The highest BCUT2D eigenvalue weighted by Crippen LogP contribution is 2.23. The van der Waals surface area contributed by atoms with Gasteiger partial charge in [0.15, 0.2) is 5.13 Å². The molecule has 2 aromatic carbocycles. The van der Waals surface area contributed by atoms with Gasteiger partial charge in [0.1, 0.15) is 0 Å². The lowest BCUT2D eigenvalue weighted by molar-refractivity contribution is 0.251. The van der Waals surface area contributed by atoms with Gasteiger partial charge in [-0.15, -0.1) is 11.3 Å². The second-order valence-corrected chi connectivity index (χ2v) is 9.20. The summed E-state index contributed by atoms with van der Waals surface area (Å²) in [6, 6.07) is 11.6. The number of nitrogens with zero attached hydrogens (tertiary/aromatic N) is 1. The van der Waals surface area contributed by atoms with E-state index in [1.165, 1.54) is 11.3 Å². The normalized spacial score (nSPS) is 11.8. The van der Waals surface area contributed by atoms with E-state index in [0.29, 0.717) is 37.3 Å². The lowest BCUT2D eigenvalue weighted by Crippen LogP contribution is -2.28. The van der Waals surface area contributed by atoms with Crippen molar-refractivity contribution in [1.29, 1.82) is 0 Å². The quantitative estimate of drug-likeness (QED) is 0.479. The van der Waals surface area contributed by atoms with Gasteiger partial charge in [-0.3, -0.25) is 9.53 Å². The monoisotopic (exact) mass is 473 g/mol. The van der Waals surface area contributed by atoms with Crippen molar-refractivity contribution >= 4 is 68.1 Å². The Balaban J connectivity index is 1.52. The number of rotatable bonds is 6. The number of anilines is 1. The van der Waals surface area contributed by atoms with Crippen LogP contribution < -0.4 is 10.6 Å². The zero-order valence-corrected chi connectivity index (χ0v) is 18.1. The third-order valence-corrected chi connectivity index (χ3v) is 6.72. The number of amides is 2. The number of halogens is 3. The summed E-state index contributed by atoms with van der Waals surface area (Å²) >= 11 is 18.9. The Morgan fingerprint density at radius 1 is 1.07 bits per heavy atom. The average molecular weight is 475 g/mol. The fourth-order valence-electron chi connectivity index (χ4n) is 2.21. The molecule has 3 aromatic rings. The summed E-state index contributed by atoms with van der Waals surface area (Å²) < 4.78 is 12.4. The summed E-state index contributed by atoms with van der Waals surface area (Å²) in [5.41, 5.74) is 1.46. The summed E-state index contributed by atoms with van der Waals surface area (Å²) in [5.74, 6) is 0.255. The number of carbonyl (C=O) groups is 1. The molecule has 0 saturated heterocycles. The molecular weight excluding hydrogens is 461 g/mol. The Hall–Kier alpha value is -1.64. The number of thiazole rings is 1. The molecule has 2 amide bonds. The zero-order chi connectivity index (χ0) is 20.1. The van der Waals surface area contributed by atoms with Gasteiger partial charge in [-0.2, -0.15) is 0 Å². The highest BCUT2D eigenvalue weighted by Gasteiger charge is 2.11. The van der Waals surface area contributed by atoms with Crippen LogP contribution >= 0.6 is 46.1 Å². The van der Waals surface area contributed by atoms with Crippen LogP contribution in [0.2, 0.25) is 15.1 Å². The van der Waals surface area contributed by atoms with E-state index in [1.807, 2.05) is 0 Å². The first-order valence-electron chi connectivity index (χ1n) is 7.98. The van der Waals surface area contributed by atoms with Crippen molar-refractivity contribution in [2.24, 2.45) is 0 Å². The van der Waals surface area contributed by atoms with E-state index in [4.69, 9.17) is 34.8 Å². The van der Waals surface area contributed by atoms with Gasteiger partial charge in [-0.05, 0) is 42.0 Å². The van der Waals surface area contributed by atoms with Crippen molar-refractivity contribution in [3.05, 3.63) is 74.2 Å². The van der Waals surface area contributed by atoms with E-state index in [0.717, 1.165) is 5.56 Å². The third-order valence-electron chi connectivity index (χ3n) is 3.56. The number of hydrogen-bond donors (Lipinski definition) is 2. The fourth-order valence-corrected chi connectivity index (χ4v) is 4.49. The molecule has 5 nitrogen and oxygen atoms in total. The number of carbonyl (C=O) groups excluding carboxylic acids is 1. The van der Waals surface area contributed by atoms with E-state index in [9.17, 15) is 9.00 Å². The molecule has 0 spiro atoms. The standard InChI is InChI=1S/C18H14Cl3N3O2S2/c19-12-2-4-14(5-3-12)28(26)10-13-9-27-18(23-13)24-17(25)22-8-11-1-6-15(20)16(21)7-11/h1-7,9H,8,10H2,(H2,22,23,24,25). The largest absolute Gasteiger partial charge is 0.334 e. The topological polar surface area (TPSA) is 71.1 Å². The molecular formula is C18H14Cl3N3O2S2. The number of benzene rings is 2. The molecule has 0 fully saturated rings. The summed E-state index contributed by atoms with van der Waals surface area (Å²) in [6.45, 7) is 0.293. The van der Waals surface area contributed by atoms with Gasteiger partial charge in [0.25, 0.3) is 0 Å². The minimum Gasteiger partial charge on any atom is -0.334 e. The van der Waals surface area contributed by atoms with Gasteiger partial charge in [0.05, 0.1) is 32.3 Å². The molecule has 0 saturated carbocycles. The van der Waals surface area contributed by atoms with E-state index in [2.05, 4.69) is 15.6 Å². The van der Waals surface area contributed by atoms with E-state index in [-0.39, 0.29) is 5.75 Å². The SMILES string of the molecule is O=C(NCc1ccc(Cl)c(Cl)c1)Nc1nc(CS(=O)c2ccc(Cl)cc2)cs1. The highest BCUT2D eigenvalue weighted by atomic mass is 35.5. The molecule has 2 N–H and O–H groups in total. The van der Waals surface area contributed by atoms with Crippen molar-refractivity contribution in [1.82, 2.24) is 10.3 Å².